The number of rotatable bonds is 4. The summed E-state index contributed by atoms with van der Waals surface area (Å²) in [7, 11) is 0. The maximum atomic E-state index is 12.0. The first-order valence-electron chi connectivity index (χ1n) is 6.27. The van der Waals surface area contributed by atoms with Gasteiger partial charge in [-0.2, -0.15) is 0 Å². The van der Waals surface area contributed by atoms with Gasteiger partial charge in [0, 0.05) is 19.1 Å². The topological polar surface area (TPSA) is 38.5 Å². The summed E-state index contributed by atoms with van der Waals surface area (Å²) >= 11 is 0. The third kappa shape index (κ3) is 4.11. The van der Waals surface area contributed by atoms with Crippen molar-refractivity contribution in [3.05, 3.63) is 29.8 Å². The molecular weight excluding hydrogens is 257 g/mol. The average Bonchev–Trinajstić information content (AvgIpc) is 2.77. The lowest BCUT2D eigenvalue weighted by Crippen LogP contribution is -2.34. The molecule has 1 atom stereocenters. The van der Waals surface area contributed by atoms with Crippen molar-refractivity contribution >= 4 is 0 Å². The van der Waals surface area contributed by atoms with Crippen LogP contribution in [0.15, 0.2) is 24.3 Å². The number of hydrogen-bond acceptors (Lipinski definition) is 3. The zero-order valence-electron chi connectivity index (χ0n) is 10.5. The van der Waals surface area contributed by atoms with Gasteiger partial charge in [0.05, 0.1) is 0 Å². The molecule has 1 fully saturated rings. The highest BCUT2D eigenvalue weighted by molar-refractivity contribution is 5.27. The summed E-state index contributed by atoms with van der Waals surface area (Å²) in [6.07, 6.45) is -2.43. The molecule has 1 saturated heterocycles. The van der Waals surface area contributed by atoms with Gasteiger partial charge in [0.25, 0.3) is 0 Å². The Hall–Kier alpha value is -1.27. The van der Waals surface area contributed by atoms with E-state index in [-0.39, 0.29) is 5.75 Å². The first-order chi connectivity index (χ1) is 8.98. The van der Waals surface area contributed by atoms with E-state index in [0.717, 1.165) is 24.9 Å². The van der Waals surface area contributed by atoms with Crippen LogP contribution >= 0.6 is 0 Å². The van der Waals surface area contributed by atoms with Crippen molar-refractivity contribution in [1.29, 1.82) is 0 Å². The predicted octanol–water partition coefficient (Wildman–Crippen LogP) is 2.51. The van der Waals surface area contributed by atoms with E-state index in [1.54, 1.807) is 12.1 Å². The van der Waals surface area contributed by atoms with E-state index in [9.17, 15) is 13.2 Å². The van der Waals surface area contributed by atoms with Gasteiger partial charge in [-0.05, 0) is 37.1 Å². The van der Waals surface area contributed by atoms with Gasteiger partial charge in [-0.1, -0.05) is 12.1 Å². The molecule has 1 heterocycles. The largest absolute Gasteiger partial charge is 0.573 e. The van der Waals surface area contributed by atoms with Gasteiger partial charge < -0.3 is 10.5 Å². The molecule has 0 spiro atoms. The molecule has 0 saturated carbocycles. The highest BCUT2D eigenvalue weighted by Gasteiger charge is 2.31. The zero-order valence-corrected chi connectivity index (χ0v) is 10.5. The minimum absolute atomic E-state index is 0.187. The van der Waals surface area contributed by atoms with Crippen molar-refractivity contribution in [3.63, 3.8) is 0 Å². The van der Waals surface area contributed by atoms with Crippen molar-refractivity contribution in [2.75, 3.05) is 13.1 Å². The molecule has 0 radical (unpaired) electrons. The van der Waals surface area contributed by atoms with E-state index in [1.165, 1.54) is 12.1 Å². The fraction of sp³-hybridized carbons (Fsp3) is 0.538. The summed E-state index contributed by atoms with van der Waals surface area (Å²) in [5, 5.41) is 0. The van der Waals surface area contributed by atoms with Gasteiger partial charge in [0.15, 0.2) is 0 Å². The lowest BCUT2D eigenvalue weighted by molar-refractivity contribution is -0.274. The third-order valence-corrected chi connectivity index (χ3v) is 3.31. The maximum Gasteiger partial charge on any atom is 0.573 e. The van der Waals surface area contributed by atoms with Crippen LogP contribution in [0.2, 0.25) is 0 Å². The monoisotopic (exact) mass is 274 g/mol. The number of alkyl halides is 3. The normalized spacial score (nSPS) is 20.7. The van der Waals surface area contributed by atoms with Gasteiger partial charge in [-0.3, -0.25) is 4.90 Å². The standard InChI is InChI=1S/C13H17F3N2O/c14-13(15,16)19-12-5-3-10(4-6-12)9-18-7-1-2-11(18)8-17/h3-6,11H,1-2,7-9,17H2. The first-order valence-corrected chi connectivity index (χ1v) is 6.27. The minimum atomic E-state index is -4.64. The van der Waals surface area contributed by atoms with Crippen LogP contribution in [-0.4, -0.2) is 30.4 Å². The lowest BCUT2D eigenvalue weighted by Gasteiger charge is -2.23. The van der Waals surface area contributed by atoms with Gasteiger partial charge in [0.2, 0.25) is 0 Å². The van der Waals surface area contributed by atoms with E-state index in [0.29, 0.717) is 19.1 Å². The SMILES string of the molecule is NCC1CCCN1Cc1ccc(OC(F)(F)F)cc1. The number of likely N-dealkylation sites (tertiary alicyclic amines) is 1. The second-order valence-electron chi connectivity index (χ2n) is 4.69. The van der Waals surface area contributed by atoms with Crippen molar-refractivity contribution < 1.29 is 17.9 Å². The fourth-order valence-corrected chi connectivity index (χ4v) is 2.40. The van der Waals surface area contributed by atoms with E-state index < -0.39 is 6.36 Å². The lowest BCUT2D eigenvalue weighted by atomic mass is 10.2. The molecule has 1 aliphatic heterocycles. The number of halogens is 3. The summed E-state index contributed by atoms with van der Waals surface area (Å²) in [6.45, 7) is 2.33. The number of hydrogen-bond donors (Lipinski definition) is 1. The number of nitrogens with two attached hydrogens (primary N) is 1. The molecule has 1 aliphatic rings. The van der Waals surface area contributed by atoms with Crippen LogP contribution in [0.25, 0.3) is 0 Å². The number of nitrogens with zero attached hydrogens (tertiary/aromatic N) is 1. The Morgan fingerprint density at radius 1 is 1.26 bits per heavy atom. The van der Waals surface area contributed by atoms with Crippen LogP contribution in [0.4, 0.5) is 13.2 Å². The molecule has 2 N–H and O–H groups in total. The van der Waals surface area contributed by atoms with Gasteiger partial charge in [-0.15, -0.1) is 13.2 Å². The quantitative estimate of drug-likeness (QED) is 0.917. The maximum absolute atomic E-state index is 12.0. The van der Waals surface area contributed by atoms with Crippen molar-refractivity contribution in [1.82, 2.24) is 4.90 Å². The van der Waals surface area contributed by atoms with E-state index >= 15 is 0 Å². The van der Waals surface area contributed by atoms with Crippen LogP contribution in [0.5, 0.6) is 5.75 Å². The molecule has 2 rings (SSSR count). The van der Waals surface area contributed by atoms with E-state index in [4.69, 9.17) is 5.73 Å². The Bertz CT molecular complexity index is 405. The smallest absolute Gasteiger partial charge is 0.406 e. The van der Waals surface area contributed by atoms with E-state index in [2.05, 4.69) is 9.64 Å². The summed E-state index contributed by atoms with van der Waals surface area (Å²) in [6, 6.07) is 6.39. The summed E-state index contributed by atoms with van der Waals surface area (Å²) in [4.78, 5) is 2.26. The molecule has 3 nitrogen and oxygen atoms in total. The Kier molecular flexibility index (Phi) is 4.31. The summed E-state index contributed by atoms with van der Waals surface area (Å²) < 4.78 is 39.9. The van der Waals surface area contributed by atoms with E-state index in [1.807, 2.05) is 0 Å². The predicted molar refractivity (Wildman–Crippen MR) is 65.6 cm³/mol. The molecule has 1 aromatic carbocycles. The highest BCUT2D eigenvalue weighted by atomic mass is 19.4. The van der Waals surface area contributed by atoms with Gasteiger partial charge >= 0.3 is 6.36 Å². The minimum Gasteiger partial charge on any atom is -0.406 e. The Balaban J connectivity index is 1.95. The molecule has 1 unspecified atom stereocenters. The molecule has 0 aromatic heterocycles. The van der Waals surface area contributed by atoms with Gasteiger partial charge in [0.1, 0.15) is 5.75 Å². The highest BCUT2D eigenvalue weighted by Crippen LogP contribution is 2.24. The van der Waals surface area contributed by atoms with Crippen LogP contribution in [-0.2, 0) is 6.54 Å². The number of ether oxygens (including phenoxy) is 1. The average molecular weight is 274 g/mol. The zero-order chi connectivity index (χ0) is 13.9. The molecule has 106 valence electrons. The molecular formula is C13H17F3N2O. The van der Waals surface area contributed by atoms with Gasteiger partial charge in [-0.25, -0.2) is 0 Å². The van der Waals surface area contributed by atoms with Crippen LogP contribution in [0, 0.1) is 0 Å². The Morgan fingerprint density at radius 3 is 2.53 bits per heavy atom. The molecule has 0 aliphatic carbocycles. The van der Waals surface area contributed by atoms with Crippen LogP contribution in [0.3, 0.4) is 0 Å². The Labute approximate surface area is 110 Å². The van der Waals surface area contributed by atoms with Crippen molar-refractivity contribution in [3.8, 4) is 5.75 Å². The molecule has 0 amide bonds. The van der Waals surface area contributed by atoms with Crippen molar-refractivity contribution in [2.45, 2.75) is 31.8 Å². The molecule has 0 bridgehead atoms. The Morgan fingerprint density at radius 2 is 1.95 bits per heavy atom. The summed E-state index contributed by atoms with van der Waals surface area (Å²) in [5.74, 6) is -0.187. The van der Waals surface area contributed by atoms with Crippen LogP contribution in [0.1, 0.15) is 18.4 Å². The molecule has 19 heavy (non-hydrogen) atoms. The number of benzene rings is 1. The molecule has 6 heteroatoms. The first kappa shape index (κ1) is 14.1. The van der Waals surface area contributed by atoms with Crippen molar-refractivity contribution in [2.24, 2.45) is 5.73 Å². The fourth-order valence-electron chi connectivity index (χ4n) is 2.40. The third-order valence-electron chi connectivity index (χ3n) is 3.31. The second-order valence-corrected chi connectivity index (χ2v) is 4.69. The second kappa shape index (κ2) is 5.79. The molecule has 1 aromatic rings. The van der Waals surface area contributed by atoms with Crippen LogP contribution < -0.4 is 10.5 Å². The summed E-state index contributed by atoms with van der Waals surface area (Å²) in [5.41, 5.74) is 6.65.